The van der Waals surface area contributed by atoms with E-state index in [-0.39, 0.29) is 0 Å². The maximum atomic E-state index is 5.82. The van der Waals surface area contributed by atoms with Gasteiger partial charge in [-0.15, -0.1) is 0 Å². The summed E-state index contributed by atoms with van der Waals surface area (Å²) in [4.78, 5) is 25.2. The normalized spacial score (nSPS) is 14.1. The molecule has 0 atom stereocenters. The van der Waals surface area contributed by atoms with Gasteiger partial charge in [-0.25, -0.2) is 4.98 Å². The highest BCUT2D eigenvalue weighted by Crippen LogP contribution is 2.37. The van der Waals surface area contributed by atoms with E-state index in [1.165, 1.54) is 6.20 Å². The predicted molar refractivity (Wildman–Crippen MR) is 176 cm³/mol. The zero-order chi connectivity index (χ0) is 29.6. The summed E-state index contributed by atoms with van der Waals surface area (Å²) in [5.74, 6) is 1.65. The first-order chi connectivity index (χ1) is 20.4. The van der Waals surface area contributed by atoms with Gasteiger partial charge in [-0.1, -0.05) is 7.92 Å². The van der Waals surface area contributed by atoms with Crippen molar-refractivity contribution < 1.29 is 9.47 Å². The van der Waals surface area contributed by atoms with Crippen LogP contribution in [0.4, 0.5) is 28.8 Å². The number of methoxy groups -OCH3 is 1. The molecule has 11 nitrogen and oxygen atoms in total. The number of anilines is 5. The van der Waals surface area contributed by atoms with Crippen LogP contribution in [0.1, 0.15) is 5.56 Å². The Bertz CT molecular complexity index is 1640. The minimum atomic E-state index is -0.493. The Kier molecular flexibility index (Phi) is 9.46. The molecule has 13 heteroatoms. The second kappa shape index (κ2) is 13.4. The number of allylic oxidation sites excluding steroid dienone is 1. The van der Waals surface area contributed by atoms with Crippen LogP contribution >= 0.6 is 23.9 Å². The summed E-state index contributed by atoms with van der Waals surface area (Å²) in [6, 6.07) is 7.98. The fourth-order valence-corrected chi connectivity index (χ4v) is 6.32. The van der Waals surface area contributed by atoms with Crippen LogP contribution in [0.25, 0.3) is 11.0 Å². The SMILES string of the molecule is CN=C(C=CN)c1cc(Nc2ncc(Br)c(Nc3ccc4nccnc4c3P(C)C)n2)c(OC)cc1N1CCOCC1. The van der Waals surface area contributed by atoms with Gasteiger partial charge in [0.2, 0.25) is 5.95 Å². The van der Waals surface area contributed by atoms with Crippen molar-refractivity contribution in [3.63, 3.8) is 0 Å². The molecule has 1 aliphatic heterocycles. The van der Waals surface area contributed by atoms with Crippen LogP contribution in [0.5, 0.6) is 5.75 Å². The van der Waals surface area contributed by atoms with E-state index in [1.807, 2.05) is 24.3 Å². The molecule has 0 spiro atoms. The smallest absolute Gasteiger partial charge is 0.229 e. The number of nitrogens with two attached hydrogens (primary N) is 1. The van der Waals surface area contributed by atoms with Crippen molar-refractivity contribution >= 4 is 74.7 Å². The van der Waals surface area contributed by atoms with Crippen LogP contribution in [-0.4, -0.2) is 79.4 Å². The Morgan fingerprint density at radius 1 is 1.12 bits per heavy atom. The maximum Gasteiger partial charge on any atom is 0.229 e. The zero-order valence-corrected chi connectivity index (χ0v) is 26.4. The second-order valence-electron chi connectivity index (χ2n) is 9.56. The van der Waals surface area contributed by atoms with Crippen LogP contribution in [0.2, 0.25) is 0 Å². The highest BCUT2D eigenvalue weighted by atomic mass is 79.9. The molecule has 4 N–H and O–H groups in total. The van der Waals surface area contributed by atoms with Crippen LogP contribution < -0.4 is 31.3 Å². The number of nitrogens with zero attached hydrogens (tertiary/aromatic N) is 6. The number of nitrogens with one attached hydrogen (secondary N) is 2. The lowest BCUT2D eigenvalue weighted by atomic mass is 10.0. The topological polar surface area (TPSA) is 136 Å². The van der Waals surface area contributed by atoms with E-state index in [4.69, 9.17) is 20.2 Å². The summed E-state index contributed by atoms with van der Waals surface area (Å²) >= 11 is 3.61. The van der Waals surface area contributed by atoms with Gasteiger partial charge in [-0.3, -0.25) is 15.0 Å². The Morgan fingerprint density at radius 3 is 2.62 bits per heavy atom. The summed E-state index contributed by atoms with van der Waals surface area (Å²) in [6.45, 7) is 7.22. The van der Waals surface area contributed by atoms with Gasteiger partial charge in [-0.05, 0) is 59.7 Å². The van der Waals surface area contributed by atoms with Gasteiger partial charge in [-0.2, -0.15) is 4.98 Å². The molecular weight excluding hydrogens is 617 g/mol. The third kappa shape index (κ3) is 6.30. The number of hydrogen-bond donors (Lipinski definition) is 3. The third-order valence-corrected chi connectivity index (χ3v) is 8.67. The monoisotopic (exact) mass is 649 g/mol. The minimum absolute atomic E-state index is 0.394. The Hall–Kier alpha value is -3.86. The lowest BCUT2D eigenvalue weighted by molar-refractivity contribution is 0.122. The maximum absolute atomic E-state index is 5.82. The van der Waals surface area contributed by atoms with Crippen molar-refractivity contribution in [3.05, 3.63) is 65.2 Å². The Balaban J connectivity index is 1.52. The summed E-state index contributed by atoms with van der Waals surface area (Å²) in [5.41, 5.74) is 11.8. The largest absolute Gasteiger partial charge is 0.494 e. The first kappa shape index (κ1) is 29.6. The van der Waals surface area contributed by atoms with E-state index in [2.05, 4.69) is 64.7 Å². The molecule has 1 fully saturated rings. The number of hydrogen-bond acceptors (Lipinski definition) is 11. The first-order valence-corrected chi connectivity index (χ1v) is 16.3. The second-order valence-corrected chi connectivity index (χ2v) is 12.6. The molecule has 1 aliphatic rings. The molecule has 2 aromatic heterocycles. The summed E-state index contributed by atoms with van der Waals surface area (Å²) < 4.78 is 12.1. The lowest BCUT2D eigenvalue weighted by Crippen LogP contribution is -2.37. The lowest BCUT2D eigenvalue weighted by Gasteiger charge is -2.31. The number of halogens is 1. The number of morpholine rings is 1. The average Bonchev–Trinajstić information content (AvgIpc) is 3.01. The first-order valence-electron chi connectivity index (χ1n) is 13.3. The number of fused-ring (bicyclic) bond motifs is 1. The van der Waals surface area contributed by atoms with Crippen molar-refractivity contribution in [1.82, 2.24) is 19.9 Å². The van der Waals surface area contributed by atoms with Gasteiger partial charge in [0.05, 0.1) is 52.9 Å². The molecule has 0 radical (unpaired) electrons. The molecule has 2 aromatic carbocycles. The van der Waals surface area contributed by atoms with Crippen molar-refractivity contribution in [1.29, 1.82) is 0 Å². The molecule has 3 heterocycles. The average molecular weight is 651 g/mol. The van der Waals surface area contributed by atoms with E-state index in [1.54, 1.807) is 38.8 Å². The fraction of sp³-hybridized carbons (Fsp3) is 0.276. The van der Waals surface area contributed by atoms with Gasteiger partial charge in [0.15, 0.2) is 0 Å². The molecule has 1 saturated heterocycles. The van der Waals surface area contributed by atoms with Crippen molar-refractivity contribution in [2.24, 2.45) is 10.7 Å². The van der Waals surface area contributed by atoms with Crippen LogP contribution in [0, 0.1) is 0 Å². The highest BCUT2D eigenvalue weighted by Gasteiger charge is 2.21. The van der Waals surface area contributed by atoms with E-state index in [0.29, 0.717) is 36.4 Å². The van der Waals surface area contributed by atoms with Gasteiger partial charge in [0.1, 0.15) is 11.6 Å². The van der Waals surface area contributed by atoms with E-state index in [0.717, 1.165) is 56.6 Å². The number of rotatable bonds is 9. The van der Waals surface area contributed by atoms with Crippen LogP contribution in [0.3, 0.4) is 0 Å². The van der Waals surface area contributed by atoms with Gasteiger partial charge < -0.3 is 30.7 Å². The minimum Gasteiger partial charge on any atom is -0.494 e. The number of ether oxygens (including phenoxy) is 2. The molecule has 218 valence electrons. The Labute approximate surface area is 254 Å². The standard InChI is InChI=1S/C29H33BrN9O2P/c1-32-20(7-8-31)18-15-23(25(40-2)16-24(18)39-11-13-41-14-12-39)37-29-35-17-19(30)28(38-29)36-22-6-5-21-26(27(22)42(3)4)34-10-9-33-21/h5-10,15-17H,11-14,31H2,1-4H3,(H2,35,36,37,38). The van der Waals surface area contributed by atoms with Gasteiger partial charge in [0.25, 0.3) is 0 Å². The molecule has 0 saturated carbocycles. The van der Waals surface area contributed by atoms with E-state index < -0.39 is 7.92 Å². The number of benzene rings is 2. The van der Waals surface area contributed by atoms with E-state index >= 15 is 0 Å². The quantitative estimate of drug-likeness (QED) is 0.172. The molecule has 4 aromatic rings. The fourth-order valence-electron chi connectivity index (χ4n) is 4.82. The van der Waals surface area contributed by atoms with E-state index in [9.17, 15) is 0 Å². The van der Waals surface area contributed by atoms with Crippen molar-refractivity contribution in [3.8, 4) is 5.75 Å². The van der Waals surface area contributed by atoms with Gasteiger partial charge >= 0.3 is 0 Å². The third-order valence-electron chi connectivity index (χ3n) is 6.75. The van der Waals surface area contributed by atoms with Crippen molar-refractivity contribution in [2.75, 3.05) is 69.3 Å². The molecule has 0 unspecified atom stereocenters. The molecule has 0 bridgehead atoms. The molecule has 42 heavy (non-hydrogen) atoms. The molecule has 0 aliphatic carbocycles. The van der Waals surface area contributed by atoms with Crippen molar-refractivity contribution in [2.45, 2.75) is 0 Å². The van der Waals surface area contributed by atoms with Crippen LogP contribution in [0.15, 0.2) is 64.6 Å². The number of aromatic nitrogens is 4. The summed E-state index contributed by atoms with van der Waals surface area (Å²) in [7, 11) is 2.90. The molecule has 0 amide bonds. The molecular formula is C29H33BrN9O2P. The highest BCUT2D eigenvalue weighted by molar-refractivity contribution is 9.10. The number of aliphatic imine (C=N–C) groups is 1. The Morgan fingerprint density at radius 2 is 1.90 bits per heavy atom. The summed E-state index contributed by atoms with van der Waals surface area (Å²) in [5, 5.41) is 7.98. The van der Waals surface area contributed by atoms with Crippen LogP contribution in [-0.2, 0) is 4.74 Å². The predicted octanol–water partition coefficient (Wildman–Crippen LogP) is 4.77. The molecule has 5 rings (SSSR count). The van der Waals surface area contributed by atoms with Gasteiger partial charge in [0, 0.05) is 61.3 Å². The zero-order valence-electron chi connectivity index (χ0n) is 23.9. The summed E-state index contributed by atoms with van der Waals surface area (Å²) in [6.07, 6.45) is 8.42.